The maximum atomic E-state index is 12.1. The third-order valence-electron chi connectivity index (χ3n) is 2.55. The fourth-order valence-corrected chi connectivity index (χ4v) is 2.66. The molecule has 1 aromatic carbocycles. The molecule has 2 N–H and O–H groups in total. The molecule has 112 valence electrons. The Bertz CT molecular complexity index is 750. The van der Waals surface area contributed by atoms with Crippen LogP contribution in [0.15, 0.2) is 45.9 Å². The van der Waals surface area contributed by atoms with Crippen molar-refractivity contribution in [2.45, 2.75) is 11.7 Å². The number of benzene rings is 1. The summed E-state index contributed by atoms with van der Waals surface area (Å²) in [6, 6.07) is 8.82. The minimum Gasteiger partial charge on any atom is -0.475 e. The van der Waals surface area contributed by atoms with Gasteiger partial charge >= 0.3 is 5.97 Å². The lowest BCUT2D eigenvalue weighted by molar-refractivity contribution is 0.0656. The summed E-state index contributed by atoms with van der Waals surface area (Å²) >= 11 is 0. The van der Waals surface area contributed by atoms with Crippen LogP contribution in [0, 0.1) is 0 Å². The maximum Gasteiger partial charge on any atom is 0.371 e. The number of anilines is 1. The van der Waals surface area contributed by atoms with E-state index in [1.165, 1.54) is 7.11 Å². The second-order valence-corrected chi connectivity index (χ2v) is 5.78. The van der Waals surface area contributed by atoms with Gasteiger partial charge in [-0.05, 0) is 29.8 Å². The third-order valence-corrected chi connectivity index (χ3v) is 3.80. The average molecular weight is 311 g/mol. The minimum atomic E-state index is -3.98. The standard InChI is InChI=1S/C13H13NO6S/c1-19-8-9-3-2-4-10(7-9)14-21(17,18)12-6-5-11(20-12)13(15)16/h2-7,14H,8H2,1H3,(H,15,16). The first kappa shape index (κ1) is 15.1. The summed E-state index contributed by atoms with van der Waals surface area (Å²) in [4.78, 5) is 10.7. The van der Waals surface area contributed by atoms with Crippen molar-refractivity contribution in [3.05, 3.63) is 47.7 Å². The van der Waals surface area contributed by atoms with Gasteiger partial charge in [0.15, 0.2) is 0 Å². The highest BCUT2D eigenvalue weighted by molar-refractivity contribution is 7.92. The fraction of sp³-hybridized carbons (Fsp3) is 0.154. The molecule has 0 aliphatic carbocycles. The summed E-state index contributed by atoms with van der Waals surface area (Å²) in [5, 5.41) is 8.27. The summed E-state index contributed by atoms with van der Waals surface area (Å²) in [5.41, 5.74) is 1.13. The number of hydrogen-bond donors (Lipinski definition) is 2. The molecular formula is C13H13NO6S. The molecule has 0 amide bonds. The van der Waals surface area contributed by atoms with Crippen LogP contribution in [0.2, 0.25) is 0 Å². The molecule has 0 unspecified atom stereocenters. The van der Waals surface area contributed by atoms with E-state index in [0.717, 1.165) is 17.7 Å². The number of sulfonamides is 1. The van der Waals surface area contributed by atoms with Crippen LogP contribution < -0.4 is 4.72 Å². The molecule has 8 heteroatoms. The molecule has 21 heavy (non-hydrogen) atoms. The van der Waals surface area contributed by atoms with Crippen molar-refractivity contribution in [3.63, 3.8) is 0 Å². The Morgan fingerprint density at radius 3 is 2.71 bits per heavy atom. The summed E-state index contributed by atoms with van der Waals surface area (Å²) in [6.45, 7) is 0.347. The summed E-state index contributed by atoms with van der Waals surface area (Å²) in [7, 11) is -2.44. The Morgan fingerprint density at radius 1 is 1.33 bits per heavy atom. The van der Waals surface area contributed by atoms with Crippen LogP contribution in [0.5, 0.6) is 0 Å². The van der Waals surface area contributed by atoms with Gasteiger partial charge in [-0.3, -0.25) is 4.72 Å². The average Bonchev–Trinajstić information content (AvgIpc) is 2.89. The van der Waals surface area contributed by atoms with E-state index in [9.17, 15) is 13.2 Å². The first-order valence-corrected chi connectivity index (χ1v) is 7.34. The molecule has 0 spiro atoms. The first-order chi connectivity index (χ1) is 9.92. The van der Waals surface area contributed by atoms with Gasteiger partial charge in [-0.1, -0.05) is 12.1 Å². The summed E-state index contributed by atoms with van der Waals surface area (Å²) in [6.07, 6.45) is 0. The van der Waals surface area contributed by atoms with Gasteiger partial charge in [0.1, 0.15) is 0 Å². The number of rotatable bonds is 6. The second kappa shape index (κ2) is 5.98. The van der Waals surface area contributed by atoms with Gasteiger partial charge in [0.25, 0.3) is 10.0 Å². The van der Waals surface area contributed by atoms with Gasteiger partial charge < -0.3 is 14.3 Å². The van der Waals surface area contributed by atoms with Crippen LogP contribution in [0.25, 0.3) is 0 Å². The van der Waals surface area contributed by atoms with Crippen LogP contribution in [-0.4, -0.2) is 26.6 Å². The van der Waals surface area contributed by atoms with E-state index in [-0.39, 0.29) is 0 Å². The molecule has 7 nitrogen and oxygen atoms in total. The lowest BCUT2D eigenvalue weighted by Crippen LogP contribution is -2.12. The molecule has 0 bridgehead atoms. The molecule has 0 aliphatic rings. The Balaban J connectivity index is 2.24. The number of nitrogens with one attached hydrogen (secondary N) is 1. The minimum absolute atomic E-state index is 0.331. The topological polar surface area (TPSA) is 106 Å². The Kier molecular flexibility index (Phi) is 4.29. The molecule has 1 heterocycles. The Labute approximate surface area is 121 Å². The molecule has 2 aromatic rings. The third kappa shape index (κ3) is 3.61. The Hall–Kier alpha value is -2.32. The van der Waals surface area contributed by atoms with E-state index in [4.69, 9.17) is 14.3 Å². The van der Waals surface area contributed by atoms with Crippen molar-refractivity contribution >= 4 is 21.7 Å². The van der Waals surface area contributed by atoms with Crippen LogP contribution in [0.3, 0.4) is 0 Å². The highest BCUT2D eigenvalue weighted by Crippen LogP contribution is 2.19. The highest BCUT2D eigenvalue weighted by Gasteiger charge is 2.21. The number of methoxy groups -OCH3 is 1. The number of aromatic carboxylic acids is 1. The number of carboxylic acid groups (broad SMARTS) is 1. The van der Waals surface area contributed by atoms with Gasteiger partial charge in [-0.2, -0.15) is 8.42 Å². The van der Waals surface area contributed by atoms with Crippen LogP contribution in [0.4, 0.5) is 5.69 Å². The van der Waals surface area contributed by atoms with Crippen molar-refractivity contribution in [2.75, 3.05) is 11.8 Å². The van der Waals surface area contributed by atoms with Crippen LogP contribution in [-0.2, 0) is 21.4 Å². The molecule has 2 rings (SSSR count). The quantitative estimate of drug-likeness (QED) is 0.844. The van der Waals surface area contributed by atoms with E-state index in [1.54, 1.807) is 24.3 Å². The van der Waals surface area contributed by atoms with Gasteiger partial charge in [-0.25, -0.2) is 4.79 Å². The largest absolute Gasteiger partial charge is 0.475 e. The smallest absolute Gasteiger partial charge is 0.371 e. The normalized spacial score (nSPS) is 11.3. The number of hydrogen-bond acceptors (Lipinski definition) is 5. The zero-order chi connectivity index (χ0) is 15.5. The van der Waals surface area contributed by atoms with Crippen molar-refractivity contribution in [2.24, 2.45) is 0 Å². The van der Waals surface area contributed by atoms with Gasteiger partial charge in [-0.15, -0.1) is 0 Å². The van der Waals surface area contributed by atoms with Crippen molar-refractivity contribution in [1.82, 2.24) is 0 Å². The lowest BCUT2D eigenvalue weighted by Gasteiger charge is -2.07. The number of carbonyl (C=O) groups is 1. The van der Waals surface area contributed by atoms with Gasteiger partial charge in [0.2, 0.25) is 10.9 Å². The van der Waals surface area contributed by atoms with E-state index < -0.39 is 26.8 Å². The van der Waals surface area contributed by atoms with Crippen molar-refractivity contribution in [1.29, 1.82) is 0 Å². The zero-order valence-corrected chi connectivity index (χ0v) is 11.9. The molecule has 0 saturated carbocycles. The van der Waals surface area contributed by atoms with E-state index in [2.05, 4.69) is 4.72 Å². The maximum absolute atomic E-state index is 12.1. The monoisotopic (exact) mass is 311 g/mol. The molecular weight excluding hydrogens is 298 g/mol. The molecule has 0 saturated heterocycles. The van der Waals surface area contributed by atoms with Crippen LogP contribution in [0.1, 0.15) is 16.1 Å². The van der Waals surface area contributed by atoms with E-state index in [1.807, 2.05) is 0 Å². The van der Waals surface area contributed by atoms with Gasteiger partial charge in [0.05, 0.1) is 6.61 Å². The van der Waals surface area contributed by atoms with E-state index in [0.29, 0.717) is 12.3 Å². The van der Waals surface area contributed by atoms with Crippen molar-refractivity contribution in [3.8, 4) is 0 Å². The molecule has 1 aromatic heterocycles. The van der Waals surface area contributed by atoms with E-state index >= 15 is 0 Å². The molecule has 0 fully saturated rings. The first-order valence-electron chi connectivity index (χ1n) is 5.86. The predicted octanol–water partition coefficient (Wildman–Crippen LogP) is 1.93. The van der Waals surface area contributed by atoms with Crippen LogP contribution >= 0.6 is 0 Å². The molecule has 0 radical (unpaired) electrons. The predicted molar refractivity (Wildman–Crippen MR) is 73.6 cm³/mol. The SMILES string of the molecule is COCc1cccc(NS(=O)(=O)c2ccc(C(=O)O)o2)c1. The molecule has 0 aliphatic heterocycles. The van der Waals surface area contributed by atoms with Gasteiger partial charge in [0, 0.05) is 12.8 Å². The zero-order valence-electron chi connectivity index (χ0n) is 11.1. The second-order valence-electron chi connectivity index (χ2n) is 4.16. The summed E-state index contributed by atoms with van der Waals surface area (Å²) in [5.74, 6) is -1.78. The Morgan fingerprint density at radius 2 is 2.10 bits per heavy atom. The number of furan rings is 1. The van der Waals surface area contributed by atoms with Crippen molar-refractivity contribution < 1.29 is 27.5 Å². The molecule has 0 atom stereocenters. The summed E-state index contributed by atoms with van der Waals surface area (Å²) < 4.78 is 36.2. The number of carboxylic acids is 1. The highest BCUT2D eigenvalue weighted by atomic mass is 32.2. The number of ether oxygens (including phenoxy) is 1. The lowest BCUT2D eigenvalue weighted by atomic mass is 10.2. The fourth-order valence-electron chi connectivity index (χ4n) is 1.68.